The normalized spacial score (nSPS) is 11.2. The number of aromatic nitrogens is 2. The summed E-state index contributed by atoms with van der Waals surface area (Å²) in [5.41, 5.74) is 7.55. The Labute approximate surface area is 118 Å². The minimum absolute atomic E-state index is 0.0967. The summed E-state index contributed by atoms with van der Waals surface area (Å²) in [7, 11) is 0. The smallest absolute Gasteiger partial charge is 0.201 e. The van der Waals surface area contributed by atoms with Gasteiger partial charge in [0.2, 0.25) is 5.95 Å². The van der Waals surface area contributed by atoms with E-state index in [0.29, 0.717) is 16.6 Å². The molecule has 0 radical (unpaired) electrons. The molecular formula is C15H12F3N3. The second kappa shape index (κ2) is 4.80. The van der Waals surface area contributed by atoms with Gasteiger partial charge >= 0.3 is 0 Å². The van der Waals surface area contributed by atoms with Crippen molar-refractivity contribution < 1.29 is 13.2 Å². The van der Waals surface area contributed by atoms with Crippen LogP contribution in [0.1, 0.15) is 11.1 Å². The number of imidazole rings is 1. The summed E-state index contributed by atoms with van der Waals surface area (Å²) in [6.45, 7) is 1.72. The monoisotopic (exact) mass is 291 g/mol. The van der Waals surface area contributed by atoms with Crippen molar-refractivity contribution in [3.63, 3.8) is 0 Å². The first kappa shape index (κ1) is 13.5. The second-order valence-corrected chi connectivity index (χ2v) is 4.88. The number of halogens is 3. The van der Waals surface area contributed by atoms with E-state index >= 15 is 0 Å². The fourth-order valence-electron chi connectivity index (χ4n) is 2.26. The molecule has 0 aliphatic carbocycles. The van der Waals surface area contributed by atoms with E-state index in [9.17, 15) is 13.2 Å². The third kappa shape index (κ3) is 2.33. The number of aryl methyl sites for hydroxylation is 1. The molecule has 21 heavy (non-hydrogen) atoms. The molecule has 0 aliphatic heterocycles. The molecule has 3 aromatic rings. The fraction of sp³-hybridized carbons (Fsp3) is 0.133. The molecule has 3 rings (SSSR count). The number of rotatable bonds is 2. The maximum atomic E-state index is 13.7. The van der Waals surface area contributed by atoms with Gasteiger partial charge in [0.05, 0.1) is 17.6 Å². The van der Waals surface area contributed by atoms with E-state index in [1.165, 1.54) is 18.2 Å². The minimum atomic E-state index is -0.657. The van der Waals surface area contributed by atoms with Crippen LogP contribution < -0.4 is 5.73 Å². The zero-order valence-electron chi connectivity index (χ0n) is 11.2. The highest BCUT2D eigenvalue weighted by Crippen LogP contribution is 2.23. The van der Waals surface area contributed by atoms with Crippen molar-refractivity contribution in [1.82, 2.24) is 9.55 Å². The molecule has 0 amide bonds. The van der Waals surface area contributed by atoms with Crippen LogP contribution in [0.25, 0.3) is 11.0 Å². The molecule has 2 aromatic carbocycles. The Bertz CT molecular complexity index is 840. The molecule has 0 saturated carbocycles. The van der Waals surface area contributed by atoms with E-state index in [0.717, 1.165) is 6.07 Å². The highest BCUT2D eigenvalue weighted by atomic mass is 19.1. The van der Waals surface area contributed by atoms with Crippen LogP contribution in [-0.2, 0) is 6.54 Å². The Hall–Kier alpha value is -2.50. The molecule has 2 N–H and O–H groups in total. The Balaban J connectivity index is 2.12. The van der Waals surface area contributed by atoms with E-state index < -0.39 is 11.6 Å². The highest BCUT2D eigenvalue weighted by molar-refractivity contribution is 5.79. The summed E-state index contributed by atoms with van der Waals surface area (Å²) in [4.78, 5) is 4.06. The Morgan fingerprint density at radius 3 is 2.57 bits per heavy atom. The van der Waals surface area contributed by atoms with Crippen LogP contribution in [0.5, 0.6) is 0 Å². The number of benzene rings is 2. The first-order valence-corrected chi connectivity index (χ1v) is 6.31. The quantitative estimate of drug-likeness (QED) is 0.786. The summed E-state index contributed by atoms with van der Waals surface area (Å²) in [5, 5.41) is 0. The number of nitrogens with zero attached hydrogens (tertiary/aromatic N) is 2. The van der Waals surface area contributed by atoms with Gasteiger partial charge in [-0.25, -0.2) is 18.2 Å². The maximum absolute atomic E-state index is 13.7. The second-order valence-electron chi connectivity index (χ2n) is 4.88. The van der Waals surface area contributed by atoms with Gasteiger partial charge in [-0.1, -0.05) is 6.07 Å². The van der Waals surface area contributed by atoms with Crippen LogP contribution in [0, 0.1) is 24.4 Å². The van der Waals surface area contributed by atoms with Crippen molar-refractivity contribution in [2.45, 2.75) is 13.5 Å². The van der Waals surface area contributed by atoms with Gasteiger partial charge in [-0.2, -0.15) is 0 Å². The van der Waals surface area contributed by atoms with Gasteiger partial charge in [0.1, 0.15) is 17.5 Å². The number of hydrogen-bond acceptors (Lipinski definition) is 2. The van der Waals surface area contributed by atoms with E-state index in [1.807, 2.05) is 0 Å². The third-order valence-corrected chi connectivity index (χ3v) is 3.40. The molecular weight excluding hydrogens is 279 g/mol. The van der Waals surface area contributed by atoms with Gasteiger partial charge in [0.25, 0.3) is 0 Å². The summed E-state index contributed by atoms with van der Waals surface area (Å²) in [5.74, 6) is -1.52. The lowest BCUT2D eigenvalue weighted by Crippen LogP contribution is -2.06. The lowest BCUT2D eigenvalue weighted by molar-refractivity contribution is 0.568. The molecule has 0 spiro atoms. The lowest BCUT2D eigenvalue weighted by Gasteiger charge is -2.08. The maximum Gasteiger partial charge on any atom is 0.201 e. The van der Waals surface area contributed by atoms with Crippen LogP contribution in [-0.4, -0.2) is 9.55 Å². The number of hydrogen-bond donors (Lipinski definition) is 1. The topological polar surface area (TPSA) is 43.8 Å². The number of fused-ring (bicyclic) bond motifs is 1. The molecule has 108 valence electrons. The average Bonchev–Trinajstić information content (AvgIpc) is 2.69. The van der Waals surface area contributed by atoms with Gasteiger partial charge in [-0.15, -0.1) is 0 Å². The summed E-state index contributed by atoms with van der Waals surface area (Å²) >= 11 is 0. The molecule has 3 nitrogen and oxygen atoms in total. The SMILES string of the molecule is Cc1cc2c(cc1F)nc(N)n2Cc1ccc(F)cc1F. The van der Waals surface area contributed by atoms with Gasteiger partial charge in [0.15, 0.2) is 0 Å². The largest absolute Gasteiger partial charge is 0.369 e. The predicted octanol–water partition coefficient (Wildman–Crippen LogP) is 3.39. The van der Waals surface area contributed by atoms with E-state index in [-0.39, 0.29) is 23.9 Å². The van der Waals surface area contributed by atoms with Crippen molar-refractivity contribution >= 4 is 17.0 Å². The van der Waals surface area contributed by atoms with Crippen LogP contribution in [0.2, 0.25) is 0 Å². The van der Waals surface area contributed by atoms with Gasteiger partial charge < -0.3 is 10.3 Å². The van der Waals surface area contributed by atoms with Gasteiger partial charge in [0, 0.05) is 17.7 Å². The van der Waals surface area contributed by atoms with E-state index in [2.05, 4.69) is 4.98 Å². The first-order chi connectivity index (χ1) is 9.95. The zero-order valence-corrected chi connectivity index (χ0v) is 11.2. The number of anilines is 1. The summed E-state index contributed by atoms with van der Waals surface area (Å²) in [6, 6.07) is 6.24. The van der Waals surface area contributed by atoms with Crippen molar-refractivity contribution in [3.05, 3.63) is 58.9 Å². The number of nitrogen functional groups attached to an aromatic ring is 1. The van der Waals surface area contributed by atoms with E-state index in [4.69, 9.17) is 5.73 Å². The summed E-state index contributed by atoms with van der Waals surface area (Å²) in [6.07, 6.45) is 0. The van der Waals surface area contributed by atoms with Crippen molar-refractivity contribution in [1.29, 1.82) is 0 Å². The van der Waals surface area contributed by atoms with Crippen molar-refractivity contribution in [3.8, 4) is 0 Å². The van der Waals surface area contributed by atoms with Crippen LogP contribution in [0.15, 0.2) is 30.3 Å². The lowest BCUT2D eigenvalue weighted by atomic mass is 10.2. The molecule has 0 fully saturated rings. The molecule has 0 saturated heterocycles. The standard InChI is InChI=1S/C15H12F3N3/c1-8-4-14-13(6-11(8)17)20-15(19)21(14)7-9-2-3-10(16)5-12(9)18/h2-6H,7H2,1H3,(H2,19,20). The van der Waals surface area contributed by atoms with E-state index in [1.54, 1.807) is 17.6 Å². The van der Waals surface area contributed by atoms with Gasteiger partial charge in [-0.3, -0.25) is 0 Å². The molecule has 0 bridgehead atoms. The Morgan fingerprint density at radius 1 is 1.10 bits per heavy atom. The molecule has 0 atom stereocenters. The Morgan fingerprint density at radius 2 is 1.86 bits per heavy atom. The van der Waals surface area contributed by atoms with Crippen LogP contribution >= 0.6 is 0 Å². The first-order valence-electron chi connectivity index (χ1n) is 6.31. The third-order valence-electron chi connectivity index (χ3n) is 3.40. The highest BCUT2D eigenvalue weighted by Gasteiger charge is 2.13. The Kier molecular flexibility index (Phi) is 3.08. The fourth-order valence-corrected chi connectivity index (χ4v) is 2.26. The number of nitrogens with two attached hydrogens (primary N) is 1. The van der Waals surface area contributed by atoms with Crippen molar-refractivity contribution in [2.24, 2.45) is 0 Å². The zero-order chi connectivity index (χ0) is 15.1. The molecule has 1 heterocycles. The van der Waals surface area contributed by atoms with Crippen LogP contribution in [0.4, 0.5) is 19.1 Å². The predicted molar refractivity (Wildman–Crippen MR) is 74.3 cm³/mol. The molecule has 1 aromatic heterocycles. The van der Waals surface area contributed by atoms with Gasteiger partial charge in [-0.05, 0) is 24.6 Å². The van der Waals surface area contributed by atoms with Crippen molar-refractivity contribution in [2.75, 3.05) is 5.73 Å². The molecule has 6 heteroatoms. The van der Waals surface area contributed by atoms with Crippen LogP contribution in [0.3, 0.4) is 0 Å². The minimum Gasteiger partial charge on any atom is -0.369 e. The summed E-state index contributed by atoms with van der Waals surface area (Å²) < 4.78 is 41.8. The average molecular weight is 291 g/mol. The molecule has 0 unspecified atom stereocenters. The molecule has 0 aliphatic rings.